The Bertz CT molecular complexity index is 522. The van der Waals surface area contributed by atoms with Crippen LogP contribution < -0.4 is 10.6 Å². The van der Waals surface area contributed by atoms with Gasteiger partial charge in [-0.2, -0.15) is 5.26 Å². The van der Waals surface area contributed by atoms with Crippen molar-refractivity contribution < 1.29 is 19.8 Å². The van der Waals surface area contributed by atoms with E-state index >= 15 is 0 Å². The highest BCUT2D eigenvalue weighted by Crippen LogP contribution is 2.09. The number of carbonyl (C=O) groups excluding carboxylic acids is 1. The Balaban J connectivity index is 2.69. The molecule has 0 bridgehead atoms. The third kappa shape index (κ3) is 4.29. The van der Waals surface area contributed by atoms with Crippen molar-refractivity contribution >= 4 is 17.7 Å². The van der Waals surface area contributed by atoms with Crippen molar-refractivity contribution in [2.75, 3.05) is 5.32 Å². The first kappa shape index (κ1) is 14.5. The van der Waals surface area contributed by atoms with Crippen LogP contribution in [0.15, 0.2) is 24.3 Å². The zero-order chi connectivity index (χ0) is 14.4. The Hall–Kier alpha value is -2.59. The molecule has 100 valence electrons. The third-order valence-electron chi connectivity index (χ3n) is 2.28. The summed E-state index contributed by atoms with van der Waals surface area (Å²) in [6.07, 6.45) is -1.23. The number of carbonyl (C=O) groups is 2. The van der Waals surface area contributed by atoms with Crippen LogP contribution in [0, 0.1) is 11.3 Å². The standard InChI is InChI=1S/C12H13N3O4/c1-7(16)10(11(17)18)15-12(19)14-9-4-2-3-8(5-9)6-13/h2-5,7,10,16H,1H3,(H,17,18)(H2,14,15,19). The number of aliphatic carboxylic acids is 1. The number of amides is 2. The van der Waals surface area contributed by atoms with Crippen LogP contribution in [-0.2, 0) is 4.79 Å². The van der Waals surface area contributed by atoms with E-state index in [4.69, 9.17) is 10.4 Å². The molecule has 7 heteroatoms. The summed E-state index contributed by atoms with van der Waals surface area (Å²) in [5.74, 6) is -1.34. The number of nitrogens with one attached hydrogen (secondary N) is 2. The minimum Gasteiger partial charge on any atom is -0.480 e. The van der Waals surface area contributed by atoms with E-state index < -0.39 is 24.1 Å². The number of aliphatic hydroxyl groups excluding tert-OH is 1. The van der Waals surface area contributed by atoms with Crippen molar-refractivity contribution in [1.29, 1.82) is 5.26 Å². The molecule has 0 saturated heterocycles. The average molecular weight is 263 g/mol. The smallest absolute Gasteiger partial charge is 0.328 e. The lowest BCUT2D eigenvalue weighted by Gasteiger charge is -2.17. The topological polar surface area (TPSA) is 122 Å². The van der Waals surface area contributed by atoms with Crippen LogP contribution in [0.2, 0.25) is 0 Å². The van der Waals surface area contributed by atoms with Crippen LogP contribution in [0.1, 0.15) is 12.5 Å². The van der Waals surface area contributed by atoms with E-state index in [0.717, 1.165) is 0 Å². The summed E-state index contributed by atoms with van der Waals surface area (Å²) in [7, 11) is 0. The molecule has 0 aromatic heterocycles. The molecule has 0 radical (unpaired) electrons. The predicted octanol–water partition coefficient (Wildman–Crippen LogP) is 0.514. The van der Waals surface area contributed by atoms with Crippen LogP contribution in [0.3, 0.4) is 0 Å². The Morgan fingerprint density at radius 2 is 2.11 bits per heavy atom. The number of benzene rings is 1. The molecule has 0 heterocycles. The fraction of sp³-hybridized carbons (Fsp3) is 0.250. The molecule has 2 amide bonds. The Kier molecular flexibility index (Phi) is 4.85. The van der Waals surface area contributed by atoms with Crippen molar-refractivity contribution in [3.63, 3.8) is 0 Å². The largest absolute Gasteiger partial charge is 0.480 e. The highest BCUT2D eigenvalue weighted by Gasteiger charge is 2.24. The van der Waals surface area contributed by atoms with Gasteiger partial charge in [0.2, 0.25) is 0 Å². The second-order valence-electron chi connectivity index (χ2n) is 3.85. The second-order valence-corrected chi connectivity index (χ2v) is 3.85. The fourth-order valence-electron chi connectivity index (χ4n) is 1.36. The van der Waals surface area contributed by atoms with Crippen LogP contribution in [0.25, 0.3) is 0 Å². The molecule has 0 fully saturated rings. The van der Waals surface area contributed by atoms with Gasteiger partial charge < -0.3 is 20.8 Å². The maximum atomic E-state index is 11.6. The van der Waals surface area contributed by atoms with E-state index in [-0.39, 0.29) is 0 Å². The fourth-order valence-corrected chi connectivity index (χ4v) is 1.36. The molecule has 1 aromatic rings. The number of hydrogen-bond acceptors (Lipinski definition) is 4. The summed E-state index contributed by atoms with van der Waals surface area (Å²) in [6.45, 7) is 1.26. The molecular weight excluding hydrogens is 250 g/mol. The average Bonchev–Trinajstić information content (AvgIpc) is 2.35. The second kappa shape index (κ2) is 6.37. The van der Waals surface area contributed by atoms with Gasteiger partial charge in [-0.1, -0.05) is 6.07 Å². The normalized spacial score (nSPS) is 12.9. The van der Waals surface area contributed by atoms with Gasteiger partial charge in [0.05, 0.1) is 17.7 Å². The highest BCUT2D eigenvalue weighted by atomic mass is 16.4. The number of hydrogen-bond donors (Lipinski definition) is 4. The summed E-state index contributed by atoms with van der Waals surface area (Å²) in [5, 5.41) is 31.2. The first-order valence-corrected chi connectivity index (χ1v) is 5.42. The number of nitriles is 1. The summed E-state index contributed by atoms with van der Waals surface area (Å²) in [5.41, 5.74) is 0.717. The van der Waals surface area contributed by atoms with Crippen molar-refractivity contribution in [2.45, 2.75) is 19.1 Å². The van der Waals surface area contributed by atoms with Crippen LogP contribution >= 0.6 is 0 Å². The van der Waals surface area contributed by atoms with E-state index in [1.807, 2.05) is 6.07 Å². The Morgan fingerprint density at radius 1 is 1.42 bits per heavy atom. The zero-order valence-electron chi connectivity index (χ0n) is 10.1. The minimum atomic E-state index is -1.40. The maximum Gasteiger partial charge on any atom is 0.328 e. The summed E-state index contributed by atoms with van der Waals surface area (Å²) >= 11 is 0. The molecule has 2 unspecified atom stereocenters. The van der Waals surface area contributed by atoms with E-state index in [0.29, 0.717) is 11.3 Å². The number of aliphatic hydroxyl groups is 1. The maximum absolute atomic E-state index is 11.6. The molecule has 0 aliphatic rings. The molecule has 2 atom stereocenters. The van der Waals surface area contributed by atoms with Crippen molar-refractivity contribution in [2.24, 2.45) is 0 Å². The lowest BCUT2D eigenvalue weighted by atomic mass is 10.2. The van der Waals surface area contributed by atoms with Crippen LogP contribution in [0.5, 0.6) is 0 Å². The van der Waals surface area contributed by atoms with Crippen molar-refractivity contribution in [1.82, 2.24) is 5.32 Å². The molecule has 19 heavy (non-hydrogen) atoms. The SMILES string of the molecule is CC(O)C(NC(=O)Nc1cccc(C#N)c1)C(=O)O. The van der Waals surface area contributed by atoms with Gasteiger partial charge in [0, 0.05) is 5.69 Å². The number of rotatable bonds is 4. The molecule has 4 N–H and O–H groups in total. The number of anilines is 1. The van der Waals surface area contributed by atoms with E-state index in [1.165, 1.54) is 13.0 Å². The van der Waals surface area contributed by atoms with Crippen LogP contribution in [0.4, 0.5) is 10.5 Å². The van der Waals surface area contributed by atoms with Crippen molar-refractivity contribution in [3.8, 4) is 6.07 Å². The minimum absolute atomic E-state index is 0.353. The first-order valence-electron chi connectivity index (χ1n) is 5.42. The molecule has 7 nitrogen and oxygen atoms in total. The Morgan fingerprint density at radius 3 is 2.63 bits per heavy atom. The van der Waals surface area contributed by atoms with E-state index in [2.05, 4.69) is 10.6 Å². The monoisotopic (exact) mass is 263 g/mol. The lowest BCUT2D eigenvalue weighted by Crippen LogP contribution is -2.49. The van der Waals surface area contributed by atoms with Gasteiger partial charge >= 0.3 is 12.0 Å². The highest BCUT2D eigenvalue weighted by molar-refractivity contribution is 5.92. The third-order valence-corrected chi connectivity index (χ3v) is 2.28. The van der Waals surface area contributed by atoms with Gasteiger partial charge in [-0.05, 0) is 25.1 Å². The zero-order valence-corrected chi connectivity index (χ0v) is 10.1. The lowest BCUT2D eigenvalue weighted by molar-refractivity contribution is -0.141. The number of carboxylic acid groups (broad SMARTS) is 1. The molecule has 1 aromatic carbocycles. The first-order chi connectivity index (χ1) is 8.93. The van der Waals surface area contributed by atoms with E-state index in [9.17, 15) is 14.7 Å². The van der Waals surface area contributed by atoms with Crippen LogP contribution in [-0.4, -0.2) is 34.4 Å². The van der Waals surface area contributed by atoms with Gasteiger partial charge in [-0.25, -0.2) is 9.59 Å². The van der Waals surface area contributed by atoms with Gasteiger partial charge in [-0.15, -0.1) is 0 Å². The molecule has 0 aliphatic heterocycles. The Labute approximate surface area is 109 Å². The molecular formula is C12H13N3O4. The molecule has 0 saturated carbocycles. The van der Waals surface area contributed by atoms with Gasteiger partial charge in [0.15, 0.2) is 6.04 Å². The number of urea groups is 1. The molecule has 0 aliphatic carbocycles. The van der Waals surface area contributed by atoms with Gasteiger partial charge in [-0.3, -0.25) is 0 Å². The quantitative estimate of drug-likeness (QED) is 0.630. The van der Waals surface area contributed by atoms with Gasteiger partial charge in [0.1, 0.15) is 0 Å². The summed E-state index contributed by atoms with van der Waals surface area (Å²) in [4.78, 5) is 22.3. The number of nitrogens with zero attached hydrogens (tertiary/aromatic N) is 1. The predicted molar refractivity (Wildman–Crippen MR) is 66.4 cm³/mol. The summed E-state index contributed by atoms with van der Waals surface area (Å²) in [6, 6.07) is 5.88. The van der Waals surface area contributed by atoms with Crippen molar-refractivity contribution in [3.05, 3.63) is 29.8 Å². The number of carboxylic acids is 1. The summed E-state index contributed by atoms with van der Waals surface area (Å²) < 4.78 is 0. The molecule has 0 spiro atoms. The molecule has 1 rings (SSSR count). The van der Waals surface area contributed by atoms with Gasteiger partial charge in [0.25, 0.3) is 0 Å². The van der Waals surface area contributed by atoms with E-state index in [1.54, 1.807) is 18.2 Å².